The van der Waals surface area contributed by atoms with Gasteiger partial charge in [-0.15, -0.1) is 0 Å². The molecule has 0 aliphatic heterocycles. The summed E-state index contributed by atoms with van der Waals surface area (Å²) in [5, 5.41) is 10.8. The Morgan fingerprint density at radius 1 is 1.00 bits per heavy atom. The van der Waals surface area contributed by atoms with Crippen molar-refractivity contribution in [3.63, 3.8) is 0 Å². The topological polar surface area (TPSA) is 29.5 Å². The molecule has 0 aliphatic rings. The van der Waals surface area contributed by atoms with E-state index in [4.69, 9.17) is 4.74 Å². The Kier molecular flexibility index (Phi) is 4.15. The molecular formula is C18H22O2. The number of hydrogen-bond donors (Lipinski definition) is 1. The van der Waals surface area contributed by atoms with Crippen molar-refractivity contribution in [1.29, 1.82) is 0 Å². The molecule has 1 unspecified atom stereocenters. The number of aryl methyl sites for hydroxylation is 2. The van der Waals surface area contributed by atoms with Crippen LogP contribution in [-0.2, 0) is 12.0 Å². The van der Waals surface area contributed by atoms with Crippen LogP contribution in [0.1, 0.15) is 29.2 Å². The van der Waals surface area contributed by atoms with E-state index in [-0.39, 0.29) is 0 Å². The van der Waals surface area contributed by atoms with Gasteiger partial charge in [0, 0.05) is 6.42 Å². The molecule has 0 aliphatic carbocycles. The molecule has 0 radical (unpaired) electrons. The van der Waals surface area contributed by atoms with Gasteiger partial charge in [0.2, 0.25) is 0 Å². The highest BCUT2D eigenvalue weighted by Gasteiger charge is 2.24. The third-order valence-electron chi connectivity index (χ3n) is 3.55. The second-order valence-corrected chi connectivity index (χ2v) is 5.68. The number of benzene rings is 2. The van der Waals surface area contributed by atoms with E-state index in [0.717, 1.165) is 16.9 Å². The van der Waals surface area contributed by atoms with Gasteiger partial charge in [-0.25, -0.2) is 0 Å². The van der Waals surface area contributed by atoms with Gasteiger partial charge in [0.15, 0.2) is 0 Å². The van der Waals surface area contributed by atoms with Crippen LogP contribution in [0.2, 0.25) is 0 Å². The fourth-order valence-electron chi connectivity index (χ4n) is 2.53. The lowest BCUT2D eigenvalue weighted by molar-refractivity contribution is 0.0575. The highest BCUT2D eigenvalue weighted by Crippen LogP contribution is 2.27. The van der Waals surface area contributed by atoms with Gasteiger partial charge >= 0.3 is 0 Å². The van der Waals surface area contributed by atoms with Crippen molar-refractivity contribution in [2.24, 2.45) is 0 Å². The highest BCUT2D eigenvalue weighted by molar-refractivity contribution is 5.34. The lowest BCUT2D eigenvalue weighted by Gasteiger charge is -2.25. The van der Waals surface area contributed by atoms with E-state index in [2.05, 4.69) is 32.0 Å². The molecule has 0 bridgehead atoms. The van der Waals surface area contributed by atoms with Crippen LogP contribution in [0.5, 0.6) is 5.75 Å². The van der Waals surface area contributed by atoms with Gasteiger partial charge in [-0.05, 0) is 44.0 Å². The number of rotatable bonds is 4. The van der Waals surface area contributed by atoms with Crippen LogP contribution in [0.25, 0.3) is 0 Å². The zero-order valence-corrected chi connectivity index (χ0v) is 12.6. The standard InChI is InChI=1S/C18H22O2/c1-13-9-14(2)11-16(10-13)18(3,19)12-15-5-7-17(20-4)8-6-15/h5-11,19H,12H2,1-4H3. The molecule has 0 spiro atoms. The number of aliphatic hydroxyl groups is 1. The van der Waals surface area contributed by atoms with Crippen LogP contribution in [-0.4, -0.2) is 12.2 Å². The van der Waals surface area contributed by atoms with Crippen LogP contribution in [0.3, 0.4) is 0 Å². The van der Waals surface area contributed by atoms with Crippen molar-refractivity contribution in [3.05, 3.63) is 64.7 Å². The van der Waals surface area contributed by atoms with Gasteiger partial charge < -0.3 is 9.84 Å². The summed E-state index contributed by atoms with van der Waals surface area (Å²) >= 11 is 0. The van der Waals surface area contributed by atoms with Gasteiger partial charge in [-0.3, -0.25) is 0 Å². The minimum atomic E-state index is -0.870. The molecule has 2 aromatic carbocycles. The first-order chi connectivity index (χ1) is 9.40. The van der Waals surface area contributed by atoms with E-state index < -0.39 is 5.60 Å². The third-order valence-corrected chi connectivity index (χ3v) is 3.55. The molecule has 0 saturated carbocycles. The normalized spacial score (nSPS) is 13.8. The van der Waals surface area contributed by atoms with Gasteiger partial charge in [0.25, 0.3) is 0 Å². The number of methoxy groups -OCH3 is 1. The molecular weight excluding hydrogens is 248 g/mol. The van der Waals surface area contributed by atoms with Gasteiger partial charge in [-0.2, -0.15) is 0 Å². The average molecular weight is 270 g/mol. The maximum atomic E-state index is 10.8. The van der Waals surface area contributed by atoms with E-state index in [1.54, 1.807) is 7.11 Å². The van der Waals surface area contributed by atoms with Crippen molar-refractivity contribution in [2.45, 2.75) is 32.8 Å². The van der Waals surface area contributed by atoms with Crippen LogP contribution >= 0.6 is 0 Å². The molecule has 2 heteroatoms. The smallest absolute Gasteiger partial charge is 0.118 e. The van der Waals surface area contributed by atoms with Crippen LogP contribution < -0.4 is 4.74 Å². The molecule has 0 amide bonds. The lowest BCUT2D eigenvalue weighted by atomic mass is 9.87. The molecule has 2 rings (SSSR count). The lowest BCUT2D eigenvalue weighted by Crippen LogP contribution is -2.24. The maximum Gasteiger partial charge on any atom is 0.118 e. The van der Waals surface area contributed by atoms with Crippen LogP contribution in [0.4, 0.5) is 0 Å². The molecule has 1 atom stereocenters. The van der Waals surface area contributed by atoms with E-state index in [1.807, 2.05) is 31.2 Å². The minimum absolute atomic E-state index is 0.583. The Morgan fingerprint density at radius 2 is 1.55 bits per heavy atom. The first-order valence-corrected chi connectivity index (χ1v) is 6.85. The van der Waals surface area contributed by atoms with E-state index in [0.29, 0.717) is 6.42 Å². The zero-order valence-electron chi connectivity index (χ0n) is 12.6. The van der Waals surface area contributed by atoms with Crippen LogP contribution in [0, 0.1) is 13.8 Å². The summed E-state index contributed by atoms with van der Waals surface area (Å²) in [4.78, 5) is 0. The third kappa shape index (κ3) is 3.40. The van der Waals surface area contributed by atoms with Crippen molar-refractivity contribution in [2.75, 3.05) is 7.11 Å². The molecule has 0 saturated heterocycles. The largest absolute Gasteiger partial charge is 0.497 e. The predicted molar refractivity (Wildman–Crippen MR) is 82.2 cm³/mol. The second kappa shape index (κ2) is 5.68. The van der Waals surface area contributed by atoms with Gasteiger partial charge in [0.05, 0.1) is 12.7 Å². The van der Waals surface area contributed by atoms with E-state index in [9.17, 15) is 5.11 Å². The molecule has 0 heterocycles. The summed E-state index contributed by atoms with van der Waals surface area (Å²) in [6, 6.07) is 14.1. The molecule has 106 valence electrons. The molecule has 1 N–H and O–H groups in total. The van der Waals surface area contributed by atoms with E-state index >= 15 is 0 Å². The van der Waals surface area contributed by atoms with Crippen molar-refractivity contribution < 1.29 is 9.84 Å². The summed E-state index contributed by atoms with van der Waals surface area (Å²) in [6.07, 6.45) is 0.583. The Balaban J connectivity index is 2.24. The van der Waals surface area contributed by atoms with Crippen molar-refractivity contribution in [3.8, 4) is 5.75 Å². The highest BCUT2D eigenvalue weighted by atomic mass is 16.5. The summed E-state index contributed by atoms with van der Waals surface area (Å²) in [5.41, 5.74) is 3.54. The number of ether oxygens (including phenoxy) is 1. The Bertz CT molecular complexity index is 563. The minimum Gasteiger partial charge on any atom is -0.497 e. The SMILES string of the molecule is COc1ccc(CC(C)(O)c2cc(C)cc(C)c2)cc1. The Labute approximate surface area is 121 Å². The average Bonchev–Trinajstić information content (AvgIpc) is 2.38. The molecule has 2 nitrogen and oxygen atoms in total. The van der Waals surface area contributed by atoms with Crippen LogP contribution in [0.15, 0.2) is 42.5 Å². The maximum absolute atomic E-state index is 10.8. The summed E-state index contributed by atoms with van der Waals surface area (Å²) < 4.78 is 5.15. The zero-order chi connectivity index (χ0) is 14.8. The fraction of sp³-hybridized carbons (Fsp3) is 0.333. The second-order valence-electron chi connectivity index (χ2n) is 5.68. The van der Waals surface area contributed by atoms with Gasteiger partial charge in [0.1, 0.15) is 5.75 Å². The van der Waals surface area contributed by atoms with Gasteiger partial charge in [-0.1, -0.05) is 41.5 Å². The summed E-state index contributed by atoms with van der Waals surface area (Å²) in [6.45, 7) is 5.98. The van der Waals surface area contributed by atoms with E-state index in [1.165, 1.54) is 11.1 Å². The summed E-state index contributed by atoms with van der Waals surface area (Å²) in [5.74, 6) is 0.833. The molecule has 2 aromatic rings. The predicted octanol–water partition coefficient (Wildman–Crippen LogP) is 3.76. The molecule has 0 fully saturated rings. The molecule has 20 heavy (non-hydrogen) atoms. The first-order valence-electron chi connectivity index (χ1n) is 6.85. The summed E-state index contributed by atoms with van der Waals surface area (Å²) in [7, 11) is 1.65. The number of hydrogen-bond acceptors (Lipinski definition) is 2. The van der Waals surface area contributed by atoms with Crippen molar-refractivity contribution >= 4 is 0 Å². The quantitative estimate of drug-likeness (QED) is 0.916. The monoisotopic (exact) mass is 270 g/mol. The Hall–Kier alpha value is -1.80. The fourth-order valence-corrected chi connectivity index (χ4v) is 2.53. The molecule has 0 aromatic heterocycles. The Morgan fingerprint density at radius 3 is 2.05 bits per heavy atom. The first kappa shape index (κ1) is 14.6. The van der Waals surface area contributed by atoms with Crippen molar-refractivity contribution in [1.82, 2.24) is 0 Å².